The molecule has 80 valence electrons. The molecule has 1 rings (SSSR count). The van der Waals surface area contributed by atoms with Gasteiger partial charge in [0.25, 0.3) is 0 Å². The second-order valence-electron chi connectivity index (χ2n) is 2.99. The number of aromatic nitrogens is 1. The molecule has 1 aromatic heterocycles. The van der Waals surface area contributed by atoms with Crippen LogP contribution in [0.2, 0.25) is 0 Å². The standard InChI is InChI=1S/C9H11N3O2S/c1-12(15(13,14)7-5-10)8-9-4-2-3-6-11-9/h2-4,6H,7-8H2,1H3. The van der Waals surface area contributed by atoms with Crippen molar-refractivity contribution in [3.05, 3.63) is 30.1 Å². The van der Waals surface area contributed by atoms with Gasteiger partial charge >= 0.3 is 0 Å². The lowest BCUT2D eigenvalue weighted by Gasteiger charge is -2.14. The van der Waals surface area contributed by atoms with E-state index in [0.717, 1.165) is 4.31 Å². The Bertz CT molecular complexity index is 450. The van der Waals surface area contributed by atoms with Crippen molar-refractivity contribution in [2.45, 2.75) is 6.54 Å². The van der Waals surface area contributed by atoms with E-state index < -0.39 is 15.8 Å². The molecule has 1 aromatic rings. The summed E-state index contributed by atoms with van der Waals surface area (Å²) >= 11 is 0. The van der Waals surface area contributed by atoms with Crippen molar-refractivity contribution in [2.75, 3.05) is 12.8 Å². The van der Waals surface area contributed by atoms with Crippen LogP contribution in [-0.4, -0.2) is 30.5 Å². The van der Waals surface area contributed by atoms with Gasteiger partial charge in [-0.3, -0.25) is 4.98 Å². The van der Waals surface area contributed by atoms with Crippen molar-refractivity contribution >= 4 is 10.0 Å². The third-order valence-corrected chi connectivity index (χ3v) is 3.41. The minimum Gasteiger partial charge on any atom is -0.260 e. The first kappa shape index (κ1) is 11.6. The van der Waals surface area contributed by atoms with E-state index in [1.165, 1.54) is 7.05 Å². The number of nitriles is 1. The number of nitrogens with zero attached hydrogens (tertiary/aromatic N) is 3. The maximum atomic E-state index is 11.4. The van der Waals surface area contributed by atoms with Crippen LogP contribution in [0.25, 0.3) is 0 Å². The molecule has 0 spiro atoms. The van der Waals surface area contributed by atoms with E-state index in [4.69, 9.17) is 5.26 Å². The zero-order valence-electron chi connectivity index (χ0n) is 8.29. The van der Waals surface area contributed by atoms with Crippen LogP contribution in [0, 0.1) is 11.3 Å². The van der Waals surface area contributed by atoms with Crippen molar-refractivity contribution < 1.29 is 8.42 Å². The second-order valence-corrected chi connectivity index (χ2v) is 5.07. The lowest BCUT2D eigenvalue weighted by Crippen LogP contribution is -2.28. The minimum absolute atomic E-state index is 0.185. The molecule has 6 heteroatoms. The zero-order valence-corrected chi connectivity index (χ0v) is 9.11. The molecule has 0 aliphatic rings. The first-order valence-corrected chi connectivity index (χ1v) is 5.88. The molecule has 0 aliphatic heterocycles. The van der Waals surface area contributed by atoms with Crippen molar-refractivity contribution in [3.63, 3.8) is 0 Å². The smallest absolute Gasteiger partial charge is 0.227 e. The molecule has 15 heavy (non-hydrogen) atoms. The van der Waals surface area contributed by atoms with Crippen LogP contribution >= 0.6 is 0 Å². The normalized spacial score (nSPS) is 11.3. The van der Waals surface area contributed by atoms with Crippen molar-refractivity contribution in [2.24, 2.45) is 0 Å². The largest absolute Gasteiger partial charge is 0.260 e. The predicted molar refractivity (Wildman–Crippen MR) is 55.1 cm³/mol. The molecule has 0 atom stereocenters. The van der Waals surface area contributed by atoms with Crippen LogP contribution in [0.5, 0.6) is 0 Å². The van der Waals surface area contributed by atoms with Crippen LogP contribution in [0.1, 0.15) is 5.69 Å². The quantitative estimate of drug-likeness (QED) is 0.741. The molecule has 0 fully saturated rings. The highest BCUT2D eigenvalue weighted by Crippen LogP contribution is 2.04. The summed E-state index contributed by atoms with van der Waals surface area (Å²) in [5.41, 5.74) is 0.654. The SMILES string of the molecule is CN(Cc1ccccn1)S(=O)(=O)CC#N. The third kappa shape index (κ3) is 3.31. The summed E-state index contributed by atoms with van der Waals surface area (Å²) < 4.78 is 23.9. The Morgan fingerprint density at radius 3 is 2.80 bits per heavy atom. The molecule has 0 saturated heterocycles. The number of hydrogen-bond donors (Lipinski definition) is 0. The van der Waals surface area contributed by atoms with E-state index in [1.54, 1.807) is 30.5 Å². The lowest BCUT2D eigenvalue weighted by molar-refractivity contribution is 0.465. The van der Waals surface area contributed by atoms with Gasteiger partial charge in [0.05, 0.1) is 18.3 Å². The van der Waals surface area contributed by atoms with Crippen molar-refractivity contribution in [1.82, 2.24) is 9.29 Å². The van der Waals surface area contributed by atoms with Gasteiger partial charge in [-0.25, -0.2) is 8.42 Å². The molecule has 0 saturated carbocycles. The van der Waals surface area contributed by atoms with Gasteiger partial charge in [-0.15, -0.1) is 0 Å². The fraction of sp³-hybridized carbons (Fsp3) is 0.333. The Labute approximate surface area is 89.0 Å². The maximum Gasteiger partial charge on any atom is 0.227 e. The van der Waals surface area contributed by atoms with Gasteiger partial charge in [-0.05, 0) is 12.1 Å². The van der Waals surface area contributed by atoms with Gasteiger partial charge in [0.1, 0.15) is 0 Å². The molecule has 0 radical (unpaired) electrons. The van der Waals surface area contributed by atoms with Gasteiger partial charge in [-0.1, -0.05) is 6.07 Å². The molecular formula is C9H11N3O2S. The number of sulfonamides is 1. The number of pyridine rings is 1. The summed E-state index contributed by atoms with van der Waals surface area (Å²) in [6, 6.07) is 6.90. The third-order valence-electron chi connectivity index (χ3n) is 1.83. The molecule has 0 N–H and O–H groups in total. The summed E-state index contributed by atoms with van der Waals surface area (Å²) in [5, 5.41) is 8.35. The summed E-state index contributed by atoms with van der Waals surface area (Å²) in [7, 11) is -2.04. The first-order valence-electron chi connectivity index (χ1n) is 4.27. The van der Waals surface area contributed by atoms with Crippen LogP contribution in [0.4, 0.5) is 0 Å². The van der Waals surface area contributed by atoms with E-state index in [9.17, 15) is 8.42 Å². The average molecular weight is 225 g/mol. The maximum absolute atomic E-state index is 11.4. The molecule has 0 amide bonds. The monoisotopic (exact) mass is 225 g/mol. The van der Waals surface area contributed by atoms with E-state index >= 15 is 0 Å². The summed E-state index contributed by atoms with van der Waals surface area (Å²) in [6.07, 6.45) is 1.60. The van der Waals surface area contributed by atoms with Crippen molar-refractivity contribution in [3.8, 4) is 6.07 Å². The summed E-state index contributed by atoms with van der Waals surface area (Å²) in [6.45, 7) is 0.185. The summed E-state index contributed by atoms with van der Waals surface area (Å²) in [5.74, 6) is -0.504. The number of hydrogen-bond acceptors (Lipinski definition) is 4. The first-order chi connectivity index (χ1) is 7.06. The highest BCUT2D eigenvalue weighted by Gasteiger charge is 2.17. The van der Waals surface area contributed by atoms with Crippen LogP contribution in [0.15, 0.2) is 24.4 Å². The Morgan fingerprint density at radius 2 is 2.27 bits per heavy atom. The Balaban J connectivity index is 2.73. The lowest BCUT2D eigenvalue weighted by atomic mass is 10.3. The van der Waals surface area contributed by atoms with E-state index in [-0.39, 0.29) is 6.54 Å². The van der Waals surface area contributed by atoms with Gasteiger partial charge in [0.15, 0.2) is 5.75 Å². The van der Waals surface area contributed by atoms with Crippen LogP contribution in [-0.2, 0) is 16.6 Å². The fourth-order valence-corrected chi connectivity index (χ4v) is 1.72. The van der Waals surface area contributed by atoms with Crippen molar-refractivity contribution in [1.29, 1.82) is 5.26 Å². The minimum atomic E-state index is -3.48. The highest BCUT2D eigenvalue weighted by atomic mass is 32.2. The molecule has 0 bridgehead atoms. The Kier molecular flexibility index (Phi) is 3.77. The summed E-state index contributed by atoms with van der Waals surface area (Å²) in [4.78, 5) is 4.00. The topological polar surface area (TPSA) is 74.1 Å². The average Bonchev–Trinajstić information content (AvgIpc) is 2.19. The molecule has 1 heterocycles. The number of rotatable bonds is 4. The van der Waals surface area contributed by atoms with E-state index in [2.05, 4.69) is 4.98 Å². The highest BCUT2D eigenvalue weighted by molar-refractivity contribution is 7.89. The van der Waals surface area contributed by atoms with Crippen LogP contribution < -0.4 is 0 Å². The van der Waals surface area contributed by atoms with Gasteiger partial charge < -0.3 is 0 Å². The van der Waals surface area contributed by atoms with E-state index in [1.807, 2.05) is 0 Å². The fourth-order valence-electron chi connectivity index (χ4n) is 1.01. The van der Waals surface area contributed by atoms with Crippen LogP contribution in [0.3, 0.4) is 0 Å². The molecular weight excluding hydrogens is 214 g/mol. The molecule has 0 aliphatic carbocycles. The van der Waals surface area contributed by atoms with Gasteiger partial charge in [0, 0.05) is 13.2 Å². The predicted octanol–water partition coefficient (Wildman–Crippen LogP) is 0.367. The Morgan fingerprint density at radius 1 is 1.53 bits per heavy atom. The van der Waals surface area contributed by atoms with Gasteiger partial charge in [-0.2, -0.15) is 9.57 Å². The van der Waals surface area contributed by atoms with Gasteiger partial charge in [0.2, 0.25) is 10.0 Å². The molecule has 0 aromatic carbocycles. The zero-order chi connectivity index (χ0) is 11.3. The molecule has 0 unspecified atom stereocenters. The Hall–Kier alpha value is -1.45. The van der Waals surface area contributed by atoms with E-state index in [0.29, 0.717) is 5.69 Å². The second kappa shape index (κ2) is 4.87. The molecule has 5 nitrogen and oxygen atoms in total.